The highest BCUT2D eigenvalue weighted by atomic mass is 32.2. The number of nitrogens with zero attached hydrogens (tertiary/aromatic N) is 1. The molecule has 1 fully saturated rings. The van der Waals surface area contributed by atoms with E-state index in [0.29, 0.717) is 13.1 Å². The highest BCUT2D eigenvalue weighted by molar-refractivity contribution is 7.87. The van der Waals surface area contributed by atoms with Crippen LogP contribution >= 0.6 is 0 Å². The Bertz CT molecular complexity index is 300. The van der Waals surface area contributed by atoms with Crippen molar-refractivity contribution >= 4 is 16.2 Å². The van der Waals surface area contributed by atoms with Crippen molar-refractivity contribution in [2.24, 2.45) is 5.73 Å². The van der Waals surface area contributed by atoms with E-state index in [0.717, 1.165) is 0 Å². The van der Waals surface area contributed by atoms with Crippen molar-refractivity contribution in [2.75, 3.05) is 20.1 Å². The van der Waals surface area contributed by atoms with Crippen LogP contribution < -0.4 is 15.8 Å². The number of nitrogens with one attached hydrogen (secondary N) is 3. The van der Waals surface area contributed by atoms with Gasteiger partial charge in [-0.2, -0.15) is 17.4 Å². The Kier molecular flexibility index (Phi) is 2.74. The minimum absolute atomic E-state index is 0.159. The molecule has 1 heterocycles. The van der Waals surface area contributed by atoms with Crippen molar-refractivity contribution < 1.29 is 8.42 Å². The Morgan fingerprint density at radius 3 is 2.85 bits per heavy atom. The van der Waals surface area contributed by atoms with Gasteiger partial charge in [0, 0.05) is 20.1 Å². The minimum atomic E-state index is -3.29. The average Bonchev–Trinajstić information content (AvgIpc) is 2.22. The van der Waals surface area contributed by atoms with Gasteiger partial charge in [-0.15, -0.1) is 0 Å². The van der Waals surface area contributed by atoms with E-state index in [1.807, 2.05) is 0 Å². The second-order valence-corrected chi connectivity index (χ2v) is 4.70. The summed E-state index contributed by atoms with van der Waals surface area (Å²) in [6, 6.07) is -0.223. The van der Waals surface area contributed by atoms with Crippen LogP contribution in [0.4, 0.5) is 0 Å². The molecule has 0 aromatic heterocycles. The summed E-state index contributed by atoms with van der Waals surface area (Å²) in [7, 11) is -1.79. The average molecular weight is 207 g/mol. The summed E-state index contributed by atoms with van der Waals surface area (Å²) in [6.07, 6.45) is 0. The van der Waals surface area contributed by atoms with Crippen molar-refractivity contribution in [1.29, 1.82) is 5.41 Å². The van der Waals surface area contributed by atoms with E-state index in [-0.39, 0.29) is 12.0 Å². The normalized spacial score (nSPS) is 27.3. The molecule has 13 heavy (non-hydrogen) atoms. The number of rotatable bonds is 2. The Morgan fingerprint density at radius 2 is 2.46 bits per heavy atom. The van der Waals surface area contributed by atoms with Crippen molar-refractivity contribution in [3.63, 3.8) is 0 Å². The van der Waals surface area contributed by atoms with Crippen LogP contribution in [0.2, 0.25) is 0 Å². The van der Waals surface area contributed by atoms with E-state index in [4.69, 9.17) is 11.1 Å². The van der Waals surface area contributed by atoms with Crippen LogP contribution in [-0.2, 0) is 10.2 Å². The standard InChI is InChI=1S/C5H13N5O2S/c1-10-3-4(2-8-5(6)7)9-13(10,11)12/h4,9H,2-3H2,1H3,(H4,6,7,8). The van der Waals surface area contributed by atoms with Gasteiger partial charge >= 0.3 is 0 Å². The van der Waals surface area contributed by atoms with E-state index in [1.165, 1.54) is 11.4 Å². The maximum atomic E-state index is 11.1. The summed E-state index contributed by atoms with van der Waals surface area (Å²) >= 11 is 0. The molecule has 1 saturated heterocycles. The van der Waals surface area contributed by atoms with Gasteiger partial charge in [-0.3, -0.25) is 5.41 Å². The molecule has 1 rings (SSSR count). The Balaban J connectivity index is 2.46. The number of likely N-dealkylation sites (N-methyl/N-ethyl adjacent to an activating group) is 1. The van der Waals surface area contributed by atoms with Gasteiger partial charge in [0.2, 0.25) is 0 Å². The second-order valence-electron chi connectivity index (χ2n) is 2.89. The van der Waals surface area contributed by atoms with Crippen molar-refractivity contribution in [3.05, 3.63) is 0 Å². The van der Waals surface area contributed by atoms with Crippen molar-refractivity contribution in [3.8, 4) is 0 Å². The zero-order valence-electron chi connectivity index (χ0n) is 7.24. The lowest BCUT2D eigenvalue weighted by molar-refractivity contribution is 0.486. The molecule has 0 radical (unpaired) electrons. The fourth-order valence-electron chi connectivity index (χ4n) is 1.09. The molecular weight excluding hydrogens is 194 g/mol. The predicted molar refractivity (Wildman–Crippen MR) is 48.4 cm³/mol. The third-order valence-electron chi connectivity index (χ3n) is 1.74. The summed E-state index contributed by atoms with van der Waals surface area (Å²) in [5.41, 5.74) is 5.05. The number of hydrogen-bond acceptors (Lipinski definition) is 3. The summed E-state index contributed by atoms with van der Waals surface area (Å²) in [4.78, 5) is 0. The molecule has 7 nitrogen and oxygen atoms in total. The van der Waals surface area contributed by atoms with Crippen LogP contribution in [0, 0.1) is 5.41 Å². The van der Waals surface area contributed by atoms with Crippen LogP contribution in [0.15, 0.2) is 0 Å². The predicted octanol–water partition coefficient (Wildman–Crippen LogP) is -2.38. The second kappa shape index (κ2) is 3.48. The molecule has 1 aliphatic rings. The Hall–Kier alpha value is -0.860. The SMILES string of the molecule is CN1CC(CNC(=N)N)NS1(=O)=O. The smallest absolute Gasteiger partial charge is 0.279 e. The molecule has 1 atom stereocenters. The monoisotopic (exact) mass is 207 g/mol. The first-order valence-electron chi connectivity index (χ1n) is 3.73. The third kappa shape index (κ3) is 2.54. The molecule has 1 aliphatic heterocycles. The van der Waals surface area contributed by atoms with Gasteiger partial charge in [-0.1, -0.05) is 0 Å². The molecule has 0 aliphatic carbocycles. The summed E-state index contributed by atoms with van der Waals surface area (Å²) in [5, 5.41) is 9.44. The van der Waals surface area contributed by atoms with Gasteiger partial charge in [0.1, 0.15) is 0 Å². The van der Waals surface area contributed by atoms with Gasteiger partial charge in [-0.05, 0) is 0 Å². The molecule has 0 amide bonds. The van der Waals surface area contributed by atoms with Gasteiger partial charge in [-0.25, -0.2) is 0 Å². The van der Waals surface area contributed by atoms with Crippen molar-refractivity contribution in [2.45, 2.75) is 6.04 Å². The zero-order valence-corrected chi connectivity index (χ0v) is 8.06. The first-order chi connectivity index (χ1) is 5.92. The third-order valence-corrected chi connectivity index (χ3v) is 3.34. The maximum absolute atomic E-state index is 11.1. The van der Waals surface area contributed by atoms with Crippen LogP contribution in [0.5, 0.6) is 0 Å². The summed E-state index contributed by atoms with van der Waals surface area (Å²) < 4.78 is 25.9. The van der Waals surface area contributed by atoms with Crippen LogP contribution in [-0.4, -0.2) is 44.9 Å². The highest BCUT2D eigenvalue weighted by Crippen LogP contribution is 2.05. The van der Waals surface area contributed by atoms with Gasteiger partial charge in [0.25, 0.3) is 10.2 Å². The highest BCUT2D eigenvalue weighted by Gasteiger charge is 2.31. The van der Waals surface area contributed by atoms with E-state index in [9.17, 15) is 8.42 Å². The maximum Gasteiger partial charge on any atom is 0.279 e. The fourth-order valence-corrected chi connectivity index (χ4v) is 2.22. The van der Waals surface area contributed by atoms with E-state index < -0.39 is 10.2 Å². The number of hydrogen-bond donors (Lipinski definition) is 4. The fraction of sp³-hybridized carbons (Fsp3) is 0.800. The molecule has 76 valence electrons. The number of nitrogens with two attached hydrogens (primary N) is 1. The van der Waals surface area contributed by atoms with Crippen LogP contribution in [0.25, 0.3) is 0 Å². The quantitative estimate of drug-likeness (QED) is 0.299. The summed E-state index contributed by atoms with van der Waals surface area (Å²) in [5.74, 6) is -0.159. The van der Waals surface area contributed by atoms with Crippen LogP contribution in [0.1, 0.15) is 0 Å². The molecule has 0 saturated carbocycles. The van der Waals surface area contributed by atoms with Crippen LogP contribution in [0.3, 0.4) is 0 Å². The van der Waals surface area contributed by atoms with Gasteiger partial charge in [0.15, 0.2) is 5.96 Å². The summed E-state index contributed by atoms with van der Waals surface area (Å²) in [6.45, 7) is 0.724. The molecule has 0 aromatic rings. The van der Waals surface area contributed by atoms with Gasteiger partial charge < -0.3 is 11.1 Å². The Morgan fingerprint density at radius 1 is 1.85 bits per heavy atom. The molecule has 0 aromatic carbocycles. The minimum Gasteiger partial charge on any atom is -0.370 e. The largest absolute Gasteiger partial charge is 0.370 e. The molecular formula is C5H13N5O2S. The molecule has 0 spiro atoms. The molecule has 1 unspecified atom stereocenters. The van der Waals surface area contributed by atoms with E-state index in [1.54, 1.807) is 0 Å². The molecule has 5 N–H and O–H groups in total. The zero-order chi connectivity index (χ0) is 10.1. The van der Waals surface area contributed by atoms with E-state index in [2.05, 4.69) is 10.0 Å². The Labute approximate surface area is 77.0 Å². The first-order valence-corrected chi connectivity index (χ1v) is 5.17. The topological polar surface area (TPSA) is 111 Å². The van der Waals surface area contributed by atoms with Gasteiger partial charge in [0.05, 0.1) is 6.04 Å². The lowest BCUT2D eigenvalue weighted by Gasteiger charge is -2.08. The van der Waals surface area contributed by atoms with Crippen molar-refractivity contribution in [1.82, 2.24) is 14.3 Å². The lowest BCUT2D eigenvalue weighted by Crippen LogP contribution is -2.42. The molecule has 0 bridgehead atoms. The first kappa shape index (κ1) is 10.2. The molecule has 8 heteroatoms. The van der Waals surface area contributed by atoms with E-state index >= 15 is 0 Å². The lowest BCUT2D eigenvalue weighted by atomic mass is 10.3. The number of guanidine groups is 1.